The first-order valence-electron chi connectivity index (χ1n) is 3.72. The summed E-state index contributed by atoms with van der Waals surface area (Å²) >= 11 is 0. The van der Waals surface area contributed by atoms with Crippen LogP contribution in [0.3, 0.4) is 0 Å². The fourth-order valence-electron chi connectivity index (χ4n) is 0.449. The highest BCUT2D eigenvalue weighted by Crippen LogP contribution is 1.98. The molecule has 0 spiro atoms. The van der Waals surface area contributed by atoms with E-state index in [1.165, 1.54) is 21.0 Å². The molecule has 0 N–H and O–H groups in total. The number of esters is 1. The van der Waals surface area contributed by atoms with Crippen molar-refractivity contribution in [3.8, 4) is 0 Å². The number of ether oxygens (including phenoxy) is 2. The summed E-state index contributed by atoms with van der Waals surface area (Å²) in [4.78, 5) is 21.7. The Morgan fingerprint density at radius 3 is 2.00 bits per heavy atom. The molecule has 0 amide bonds. The summed E-state index contributed by atoms with van der Waals surface area (Å²) in [5.74, 6) is -0.688. The fourth-order valence-corrected chi connectivity index (χ4v) is 0.449. The molecule has 0 radical (unpaired) electrons. The molecule has 0 fully saturated rings. The Morgan fingerprint density at radius 1 is 1.17 bits per heavy atom. The molecule has 0 aliphatic carbocycles. The van der Waals surface area contributed by atoms with Crippen molar-refractivity contribution in [1.29, 1.82) is 0 Å². The number of methoxy groups -OCH3 is 1. The molecule has 1 unspecified atom stereocenters. The van der Waals surface area contributed by atoms with Crippen molar-refractivity contribution in [2.45, 2.75) is 33.0 Å². The molecule has 0 bridgehead atoms. The van der Waals surface area contributed by atoms with Gasteiger partial charge in [0.25, 0.3) is 0 Å². The molecule has 0 aromatic rings. The van der Waals surface area contributed by atoms with Gasteiger partial charge in [0, 0.05) is 7.11 Å². The molecule has 2 atom stereocenters. The monoisotopic (exact) mass is 174 g/mol. The largest absolute Gasteiger partial charge is 0.453 e. The predicted octanol–water partition coefficient (Wildman–Crippen LogP) is 0.542. The van der Waals surface area contributed by atoms with E-state index in [0.29, 0.717) is 0 Å². The number of ketones is 1. The van der Waals surface area contributed by atoms with E-state index in [-0.39, 0.29) is 5.78 Å². The molecule has 0 heterocycles. The molecule has 0 rings (SSSR count). The van der Waals surface area contributed by atoms with Gasteiger partial charge >= 0.3 is 5.97 Å². The van der Waals surface area contributed by atoms with Crippen LogP contribution in [0.1, 0.15) is 20.8 Å². The molecule has 0 saturated heterocycles. The van der Waals surface area contributed by atoms with E-state index in [2.05, 4.69) is 0 Å². The molecule has 70 valence electrons. The van der Waals surface area contributed by atoms with Crippen molar-refractivity contribution in [3.05, 3.63) is 0 Å². The maximum absolute atomic E-state index is 11.0. The van der Waals surface area contributed by atoms with Crippen LogP contribution in [0.5, 0.6) is 0 Å². The second kappa shape index (κ2) is 4.87. The highest BCUT2D eigenvalue weighted by Gasteiger charge is 2.18. The van der Waals surface area contributed by atoms with Crippen LogP contribution in [-0.4, -0.2) is 31.1 Å². The van der Waals surface area contributed by atoms with Gasteiger partial charge in [0.2, 0.25) is 0 Å². The maximum atomic E-state index is 11.0. The first-order valence-corrected chi connectivity index (χ1v) is 3.72. The van der Waals surface area contributed by atoms with Crippen molar-refractivity contribution in [3.63, 3.8) is 0 Å². The van der Waals surface area contributed by atoms with Crippen LogP contribution < -0.4 is 0 Å². The molecule has 12 heavy (non-hydrogen) atoms. The number of hydrogen-bond donors (Lipinski definition) is 0. The van der Waals surface area contributed by atoms with Gasteiger partial charge < -0.3 is 9.47 Å². The van der Waals surface area contributed by atoms with Crippen molar-refractivity contribution in [2.24, 2.45) is 0 Å². The Labute approximate surface area is 71.8 Å². The van der Waals surface area contributed by atoms with Crippen LogP contribution in [0.25, 0.3) is 0 Å². The minimum Gasteiger partial charge on any atom is -0.453 e. The lowest BCUT2D eigenvalue weighted by molar-refractivity contribution is -0.162. The van der Waals surface area contributed by atoms with Gasteiger partial charge in [0.1, 0.15) is 0 Å². The van der Waals surface area contributed by atoms with Gasteiger partial charge in [-0.25, -0.2) is 4.79 Å². The minimum absolute atomic E-state index is 0.174. The zero-order valence-electron chi connectivity index (χ0n) is 7.79. The average Bonchev–Trinajstić information content (AvgIpc) is 2.02. The van der Waals surface area contributed by atoms with Crippen LogP contribution in [0.4, 0.5) is 0 Å². The number of rotatable bonds is 4. The summed E-state index contributed by atoms with van der Waals surface area (Å²) in [6, 6.07) is 0. The number of Topliss-reactive ketones (excluding diaryl/α,β-unsaturated/α-hetero) is 1. The van der Waals surface area contributed by atoms with Gasteiger partial charge in [-0.15, -0.1) is 0 Å². The summed E-state index contributed by atoms with van der Waals surface area (Å²) < 4.78 is 9.46. The third-order valence-corrected chi connectivity index (χ3v) is 1.55. The van der Waals surface area contributed by atoms with Crippen molar-refractivity contribution < 1.29 is 19.1 Å². The van der Waals surface area contributed by atoms with Crippen LogP contribution in [0.15, 0.2) is 0 Å². The summed E-state index contributed by atoms with van der Waals surface area (Å²) in [6.45, 7) is 4.47. The lowest BCUT2D eigenvalue weighted by Crippen LogP contribution is -2.29. The van der Waals surface area contributed by atoms with Crippen LogP contribution in [0.2, 0.25) is 0 Å². The number of hydrogen-bond acceptors (Lipinski definition) is 4. The molecule has 4 nitrogen and oxygen atoms in total. The van der Waals surface area contributed by atoms with E-state index in [4.69, 9.17) is 9.47 Å². The molecule has 0 aliphatic heterocycles. The first-order chi connectivity index (χ1) is 5.49. The smallest absolute Gasteiger partial charge is 0.335 e. The lowest BCUT2D eigenvalue weighted by atomic mass is 10.3. The quantitative estimate of drug-likeness (QED) is 0.584. The first kappa shape index (κ1) is 11.1. The second-order valence-electron chi connectivity index (χ2n) is 2.57. The van der Waals surface area contributed by atoms with E-state index in [9.17, 15) is 9.59 Å². The highest BCUT2D eigenvalue weighted by atomic mass is 16.6. The highest BCUT2D eigenvalue weighted by molar-refractivity contribution is 5.84. The Bertz CT molecular complexity index is 176. The topological polar surface area (TPSA) is 52.6 Å². The van der Waals surface area contributed by atoms with Crippen LogP contribution in [-0.2, 0) is 19.1 Å². The van der Waals surface area contributed by atoms with Crippen LogP contribution >= 0.6 is 0 Å². The predicted molar refractivity (Wildman–Crippen MR) is 42.7 cm³/mol. The van der Waals surface area contributed by atoms with Crippen molar-refractivity contribution >= 4 is 11.8 Å². The van der Waals surface area contributed by atoms with Gasteiger partial charge in [-0.3, -0.25) is 4.79 Å². The van der Waals surface area contributed by atoms with Gasteiger partial charge in [-0.1, -0.05) is 0 Å². The Balaban J connectivity index is 3.92. The van der Waals surface area contributed by atoms with Crippen LogP contribution in [0, 0.1) is 0 Å². The molecular weight excluding hydrogens is 160 g/mol. The fraction of sp³-hybridized carbons (Fsp3) is 0.750. The minimum atomic E-state index is -0.685. The SMILES string of the molecule is CO[C@H](C)C(=O)OC(C)C(C)=O. The molecule has 0 aliphatic rings. The maximum Gasteiger partial charge on any atom is 0.335 e. The second-order valence-corrected chi connectivity index (χ2v) is 2.57. The van der Waals surface area contributed by atoms with E-state index in [0.717, 1.165) is 0 Å². The van der Waals surface area contributed by atoms with Gasteiger partial charge in [0.05, 0.1) is 0 Å². The number of carbonyl (C=O) groups excluding carboxylic acids is 2. The normalized spacial score (nSPS) is 15.0. The third kappa shape index (κ3) is 3.48. The van der Waals surface area contributed by atoms with E-state index in [1.807, 2.05) is 0 Å². The molecular formula is C8H14O4. The van der Waals surface area contributed by atoms with E-state index < -0.39 is 18.2 Å². The average molecular weight is 174 g/mol. The molecule has 0 saturated carbocycles. The Hall–Kier alpha value is -0.900. The lowest BCUT2D eigenvalue weighted by Gasteiger charge is -2.13. The summed E-state index contributed by atoms with van der Waals surface area (Å²) in [7, 11) is 1.41. The van der Waals surface area contributed by atoms with E-state index >= 15 is 0 Å². The summed E-state index contributed by atoms with van der Waals surface area (Å²) in [5.41, 5.74) is 0. The number of carbonyl (C=O) groups is 2. The molecule has 0 aromatic carbocycles. The zero-order chi connectivity index (χ0) is 9.72. The van der Waals surface area contributed by atoms with Crippen molar-refractivity contribution in [2.75, 3.05) is 7.11 Å². The van der Waals surface area contributed by atoms with E-state index in [1.54, 1.807) is 6.92 Å². The Kier molecular flexibility index (Phi) is 4.51. The van der Waals surface area contributed by atoms with Gasteiger partial charge in [-0.2, -0.15) is 0 Å². The standard InChI is InChI=1S/C8H14O4/c1-5(9)6(2)12-8(10)7(3)11-4/h6-7H,1-4H3/t6?,7-/m1/s1. The van der Waals surface area contributed by atoms with Gasteiger partial charge in [-0.05, 0) is 20.8 Å². The molecule has 0 aromatic heterocycles. The zero-order valence-corrected chi connectivity index (χ0v) is 7.79. The Morgan fingerprint density at radius 2 is 1.67 bits per heavy atom. The third-order valence-electron chi connectivity index (χ3n) is 1.55. The van der Waals surface area contributed by atoms with Gasteiger partial charge in [0.15, 0.2) is 18.0 Å². The molecule has 4 heteroatoms. The summed E-state index contributed by atoms with van der Waals surface area (Å²) in [6.07, 6.45) is -1.30. The van der Waals surface area contributed by atoms with Crippen molar-refractivity contribution in [1.82, 2.24) is 0 Å². The summed E-state index contributed by atoms with van der Waals surface area (Å²) in [5, 5.41) is 0.